The summed E-state index contributed by atoms with van der Waals surface area (Å²) >= 11 is 0. The van der Waals surface area contributed by atoms with Gasteiger partial charge in [-0.05, 0) is 13.8 Å². The standard InChI is InChI=1S/C9H17N3O/c1-7(13)4-10-5-9-6-12(3)11-8(9)2/h6-7,10,13H,4-5H2,1-3H3. The van der Waals surface area contributed by atoms with Crippen LogP contribution in [0.15, 0.2) is 6.20 Å². The Hall–Kier alpha value is -0.870. The molecule has 1 rings (SSSR count). The van der Waals surface area contributed by atoms with Crippen molar-refractivity contribution in [2.45, 2.75) is 26.5 Å². The Bertz CT molecular complexity index is 268. The van der Waals surface area contributed by atoms with E-state index in [1.165, 1.54) is 5.56 Å². The maximum absolute atomic E-state index is 9.02. The molecule has 0 saturated heterocycles. The summed E-state index contributed by atoms with van der Waals surface area (Å²) < 4.78 is 1.80. The molecule has 0 amide bonds. The van der Waals surface area contributed by atoms with Crippen LogP contribution in [0.25, 0.3) is 0 Å². The molecule has 1 unspecified atom stereocenters. The molecule has 74 valence electrons. The number of rotatable bonds is 4. The number of nitrogens with zero attached hydrogens (tertiary/aromatic N) is 2. The highest BCUT2D eigenvalue weighted by atomic mass is 16.3. The van der Waals surface area contributed by atoms with Crippen LogP contribution >= 0.6 is 0 Å². The molecule has 13 heavy (non-hydrogen) atoms. The quantitative estimate of drug-likeness (QED) is 0.701. The van der Waals surface area contributed by atoms with Gasteiger partial charge in [-0.2, -0.15) is 5.10 Å². The Morgan fingerprint density at radius 1 is 1.69 bits per heavy atom. The fourth-order valence-corrected chi connectivity index (χ4v) is 1.24. The van der Waals surface area contributed by atoms with Crippen molar-refractivity contribution in [3.05, 3.63) is 17.5 Å². The molecular weight excluding hydrogens is 166 g/mol. The molecule has 0 radical (unpaired) electrons. The number of hydrogen-bond donors (Lipinski definition) is 2. The Kier molecular flexibility index (Phi) is 3.45. The summed E-state index contributed by atoms with van der Waals surface area (Å²) in [7, 11) is 1.91. The van der Waals surface area contributed by atoms with Gasteiger partial charge in [0.05, 0.1) is 11.8 Å². The summed E-state index contributed by atoms with van der Waals surface area (Å²) in [4.78, 5) is 0. The number of aliphatic hydroxyl groups is 1. The van der Waals surface area contributed by atoms with Gasteiger partial charge in [0.15, 0.2) is 0 Å². The van der Waals surface area contributed by atoms with Crippen molar-refractivity contribution in [3.8, 4) is 0 Å². The van der Waals surface area contributed by atoms with Crippen LogP contribution in [0.2, 0.25) is 0 Å². The Morgan fingerprint density at radius 3 is 2.85 bits per heavy atom. The van der Waals surface area contributed by atoms with E-state index in [0.29, 0.717) is 6.54 Å². The van der Waals surface area contributed by atoms with Gasteiger partial charge in [0, 0.05) is 31.9 Å². The molecule has 0 saturated carbocycles. The minimum atomic E-state index is -0.294. The van der Waals surface area contributed by atoms with Crippen LogP contribution in [0.5, 0.6) is 0 Å². The SMILES string of the molecule is Cc1nn(C)cc1CNCC(C)O. The van der Waals surface area contributed by atoms with E-state index in [1.807, 2.05) is 20.2 Å². The van der Waals surface area contributed by atoms with E-state index in [9.17, 15) is 0 Å². The number of hydrogen-bond acceptors (Lipinski definition) is 3. The molecule has 2 N–H and O–H groups in total. The Labute approximate surface area is 78.6 Å². The maximum Gasteiger partial charge on any atom is 0.0638 e. The fourth-order valence-electron chi connectivity index (χ4n) is 1.24. The predicted molar refractivity (Wildman–Crippen MR) is 51.3 cm³/mol. The largest absolute Gasteiger partial charge is 0.392 e. The monoisotopic (exact) mass is 183 g/mol. The highest BCUT2D eigenvalue weighted by molar-refractivity contribution is 5.14. The summed E-state index contributed by atoms with van der Waals surface area (Å²) in [5, 5.41) is 16.4. The zero-order chi connectivity index (χ0) is 9.84. The second kappa shape index (κ2) is 4.39. The molecule has 0 fully saturated rings. The van der Waals surface area contributed by atoms with Crippen molar-refractivity contribution in [1.29, 1.82) is 0 Å². The second-order valence-corrected chi connectivity index (χ2v) is 3.39. The third kappa shape index (κ3) is 3.16. The number of aryl methyl sites for hydroxylation is 2. The van der Waals surface area contributed by atoms with Crippen LogP contribution in [0.1, 0.15) is 18.2 Å². The predicted octanol–water partition coefficient (Wildman–Crippen LogP) is 0.199. The molecule has 0 spiro atoms. The lowest BCUT2D eigenvalue weighted by Crippen LogP contribution is -2.23. The zero-order valence-corrected chi connectivity index (χ0v) is 8.41. The van der Waals surface area contributed by atoms with E-state index in [4.69, 9.17) is 5.11 Å². The summed E-state index contributed by atoms with van der Waals surface area (Å²) in [5.74, 6) is 0. The van der Waals surface area contributed by atoms with Gasteiger partial charge in [-0.25, -0.2) is 0 Å². The average molecular weight is 183 g/mol. The molecule has 0 aliphatic heterocycles. The van der Waals surface area contributed by atoms with Crippen LogP contribution < -0.4 is 5.32 Å². The molecule has 4 nitrogen and oxygen atoms in total. The Morgan fingerprint density at radius 2 is 2.38 bits per heavy atom. The molecule has 1 heterocycles. The van der Waals surface area contributed by atoms with Gasteiger partial charge >= 0.3 is 0 Å². The molecular formula is C9H17N3O. The van der Waals surface area contributed by atoms with Crippen molar-refractivity contribution in [2.24, 2.45) is 7.05 Å². The van der Waals surface area contributed by atoms with Crippen LogP contribution in [-0.4, -0.2) is 27.5 Å². The topological polar surface area (TPSA) is 50.1 Å². The van der Waals surface area contributed by atoms with Gasteiger partial charge in [-0.15, -0.1) is 0 Å². The Balaban J connectivity index is 2.40. The van der Waals surface area contributed by atoms with E-state index in [1.54, 1.807) is 11.6 Å². The van der Waals surface area contributed by atoms with Crippen molar-refractivity contribution in [3.63, 3.8) is 0 Å². The molecule has 0 aliphatic carbocycles. The number of aromatic nitrogens is 2. The number of aliphatic hydroxyl groups excluding tert-OH is 1. The second-order valence-electron chi connectivity index (χ2n) is 3.39. The van der Waals surface area contributed by atoms with Crippen LogP contribution in [0.3, 0.4) is 0 Å². The molecule has 1 aromatic rings. The first-order chi connectivity index (χ1) is 6.09. The van der Waals surface area contributed by atoms with E-state index in [-0.39, 0.29) is 6.10 Å². The zero-order valence-electron chi connectivity index (χ0n) is 8.41. The number of nitrogens with one attached hydrogen (secondary N) is 1. The van der Waals surface area contributed by atoms with E-state index < -0.39 is 0 Å². The van der Waals surface area contributed by atoms with Gasteiger partial charge in [0.2, 0.25) is 0 Å². The first-order valence-corrected chi connectivity index (χ1v) is 4.47. The van der Waals surface area contributed by atoms with Crippen LogP contribution in [-0.2, 0) is 13.6 Å². The lowest BCUT2D eigenvalue weighted by atomic mass is 10.2. The first-order valence-electron chi connectivity index (χ1n) is 4.47. The molecule has 1 atom stereocenters. The van der Waals surface area contributed by atoms with Gasteiger partial charge < -0.3 is 10.4 Å². The van der Waals surface area contributed by atoms with Gasteiger partial charge in [-0.1, -0.05) is 0 Å². The minimum Gasteiger partial charge on any atom is -0.392 e. The lowest BCUT2D eigenvalue weighted by Gasteiger charge is -2.05. The normalized spacial score (nSPS) is 13.2. The minimum absolute atomic E-state index is 0.294. The van der Waals surface area contributed by atoms with E-state index >= 15 is 0 Å². The summed E-state index contributed by atoms with van der Waals surface area (Å²) in [6.45, 7) is 5.14. The van der Waals surface area contributed by atoms with Gasteiger partial charge in [0.1, 0.15) is 0 Å². The van der Waals surface area contributed by atoms with Gasteiger partial charge in [0.25, 0.3) is 0 Å². The van der Waals surface area contributed by atoms with Crippen molar-refractivity contribution in [1.82, 2.24) is 15.1 Å². The van der Waals surface area contributed by atoms with Crippen LogP contribution in [0.4, 0.5) is 0 Å². The molecule has 0 aliphatic rings. The maximum atomic E-state index is 9.02. The summed E-state index contributed by atoms with van der Waals surface area (Å²) in [6.07, 6.45) is 1.70. The van der Waals surface area contributed by atoms with Crippen molar-refractivity contribution < 1.29 is 5.11 Å². The van der Waals surface area contributed by atoms with E-state index in [0.717, 1.165) is 12.2 Å². The average Bonchev–Trinajstić information content (AvgIpc) is 2.29. The van der Waals surface area contributed by atoms with E-state index in [2.05, 4.69) is 10.4 Å². The fraction of sp³-hybridized carbons (Fsp3) is 0.667. The highest BCUT2D eigenvalue weighted by Gasteiger charge is 2.02. The summed E-state index contributed by atoms with van der Waals surface area (Å²) in [5.41, 5.74) is 2.23. The molecule has 0 aromatic carbocycles. The third-order valence-electron chi connectivity index (χ3n) is 1.87. The lowest BCUT2D eigenvalue weighted by molar-refractivity contribution is 0.191. The summed E-state index contributed by atoms with van der Waals surface area (Å²) in [6, 6.07) is 0. The highest BCUT2D eigenvalue weighted by Crippen LogP contribution is 2.03. The first kappa shape index (κ1) is 10.2. The third-order valence-corrected chi connectivity index (χ3v) is 1.87. The van der Waals surface area contributed by atoms with Gasteiger partial charge in [-0.3, -0.25) is 4.68 Å². The van der Waals surface area contributed by atoms with Crippen molar-refractivity contribution in [2.75, 3.05) is 6.54 Å². The smallest absolute Gasteiger partial charge is 0.0638 e. The molecule has 0 bridgehead atoms. The molecule has 4 heteroatoms. The molecule has 1 aromatic heterocycles. The van der Waals surface area contributed by atoms with Crippen molar-refractivity contribution >= 4 is 0 Å². The van der Waals surface area contributed by atoms with Crippen LogP contribution in [0, 0.1) is 6.92 Å².